The molecule has 0 amide bonds. The Morgan fingerprint density at radius 1 is 0.862 bits per heavy atom. The van der Waals surface area contributed by atoms with Crippen LogP contribution in [0.5, 0.6) is 0 Å². The molecule has 0 saturated carbocycles. The SMILES string of the molecule is O=C([O-])CN(CCO)CCN(CC(=O)[O-])CC(=O)[O-].O=C1C=CC=CCC1=O.[Ru+3]. The molecule has 0 heterocycles. The Morgan fingerprint density at radius 2 is 1.34 bits per heavy atom. The Balaban J connectivity index is 0. The molecule has 12 heteroatoms. The molecule has 0 atom stereocenters. The topological polar surface area (TPSA) is 181 Å². The minimum Gasteiger partial charge on any atom is -0.549 e. The third-order valence-corrected chi connectivity index (χ3v) is 3.28. The van der Waals surface area contributed by atoms with Gasteiger partial charge in [-0.3, -0.25) is 19.4 Å². The number of Topliss-reactive ketones (excluding diaryl/α,β-unsaturated/α-hetero) is 1. The van der Waals surface area contributed by atoms with Crippen LogP contribution in [0.3, 0.4) is 0 Å². The molecule has 1 radical (unpaired) electrons. The molecule has 0 unspecified atom stereocenters. The average Bonchev–Trinajstić information content (AvgIpc) is 2.76. The fourth-order valence-corrected chi connectivity index (χ4v) is 2.05. The predicted octanol–water partition coefficient (Wildman–Crippen LogP) is -5.53. The van der Waals surface area contributed by atoms with Crippen LogP contribution in [0.1, 0.15) is 6.42 Å². The number of carbonyl (C=O) groups is 5. The van der Waals surface area contributed by atoms with E-state index in [-0.39, 0.29) is 57.9 Å². The zero-order chi connectivity index (χ0) is 21.5. The smallest absolute Gasteiger partial charge is 0.549 e. The summed E-state index contributed by atoms with van der Waals surface area (Å²) >= 11 is 0. The van der Waals surface area contributed by atoms with Gasteiger partial charge in [-0.1, -0.05) is 18.2 Å². The van der Waals surface area contributed by atoms with Crippen LogP contribution >= 0.6 is 0 Å². The second-order valence-electron chi connectivity index (χ2n) is 5.61. The van der Waals surface area contributed by atoms with Crippen molar-refractivity contribution in [2.24, 2.45) is 0 Å². The standard InChI is InChI=1S/C10H18N2O7.C7H6O2.Ru/c13-4-3-11(5-8(14)15)1-2-12(6-9(16)17)7-10(18)19;8-6-4-2-1-3-5-7(6)9;/h13H,1-7H2,(H,14,15)(H,16,17)(H,18,19);1-4H,5H2;/q;;+3/p-3. The summed E-state index contributed by atoms with van der Waals surface area (Å²) in [6, 6.07) is 0. The number of hydrogen-bond acceptors (Lipinski definition) is 11. The van der Waals surface area contributed by atoms with E-state index < -0.39 is 43.3 Å². The van der Waals surface area contributed by atoms with E-state index in [1.807, 2.05) is 0 Å². The van der Waals surface area contributed by atoms with Gasteiger partial charge >= 0.3 is 19.5 Å². The van der Waals surface area contributed by atoms with Gasteiger partial charge in [0, 0.05) is 45.7 Å². The quantitative estimate of drug-likeness (QED) is 0.212. The largest absolute Gasteiger partial charge is 3.00 e. The molecule has 0 bridgehead atoms. The van der Waals surface area contributed by atoms with Gasteiger partial charge in [0.1, 0.15) is 0 Å². The number of aliphatic carboxylic acids is 3. The van der Waals surface area contributed by atoms with Crippen LogP contribution in [0.25, 0.3) is 0 Å². The van der Waals surface area contributed by atoms with Crippen LogP contribution in [0.4, 0.5) is 0 Å². The van der Waals surface area contributed by atoms with Crippen molar-refractivity contribution in [3.8, 4) is 0 Å². The van der Waals surface area contributed by atoms with Crippen molar-refractivity contribution >= 4 is 29.5 Å². The van der Waals surface area contributed by atoms with Crippen molar-refractivity contribution in [2.75, 3.05) is 45.9 Å². The Morgan fingerprint density at radius 3 is 1.83 bits per heavy atom. The maximum absolute atomic E-state index is 10.6. The summed E-state index contributed by atoms with van der Waals surface area (Å²) < 4.78 is 0. The van der Waals surface area contributed by atoms with Gasteiger partial charge in [-0.2, -0.15) is 0 Å². The molecule has 1 N–H and O–H groups in total. The fourth-order valence-electron chi connectivity index (χ4n) is 2.05. The van der Waals surface area contributed by atoms with E-state index in [2.05, 4.69) is 0 Å². The second kappa shape index (κ2) is 16.7. The second-order valence-corrected chi connectivity index (χ2v) is 5.61. The first-order valence-corrected chi connectivity index (χ1v) is 8.21. The van der Waals surface area contributed by atoms with Gasteiger partial charge in [-0.15, -0.1) is 0 Å². The first kappa shape index (κ1) is 28.9. The number of carbonyl (C=O) groups excluding carboxylic acids is 5. The number of ketones is 2. The molecule has 0 aromatic carbocycles. The molecular formula is C17H21N2O9Ru. The van der Waals surface area contributed by atoms with E-state index in [4.69, 9.17) is 5.11 Å². The summed E-state index contributed by atoms with van der Waals surface area (Å²) in [6.45, 7) is -1.83. The Labute approximate surface area is 180 Å². The summed E-state index contributed by atoms with van der Waals surface area (Å²) in [5.74, 6) is -4.98. The minimum absolute atomic E-state index is 0. The Hall–Kier alpha value is -2.27. The number of carboxylic acids is 3. The number of aliphatic hydroxyl groups excluding tert-OH is 1. The van der Waals surface area contributed by atoms with Crippen molar-refractivity contribution < 1.29 is 63.9 Å². The minimum atomic E-state index is -1.45. The van der Waals surface area contributed by atoms with Crippen LogP contribution in [0.15, 0.2) is 24.3 Å². The molecule has 161 valence electrons. The molecule has 0 aliphatic heterocycles. The Kier molecular flexibility index (Phi) is 16.6. The molecule has 11 nitrogen and oxygen atoms in total. The molecule has 0 fully saturated rings. The number of allylic oxidation sites excluding steroid dienone is 4. The summed E-state index contributed by atoms with van der Waals surface area (Å²) in [4.78, 5) is 54.7. The van der Waals surface area contributed by atoms with E-state index in [0.29, 0.717) is 0 Å². The average molecular weight is 498 g/mol. The molecule has 0 saturated heterocycles. The monoisotopic (exact) mass is 499 g/mol. The number of hydrogen-bond donors (Lipinski definition) is 1. The van der Waals surface area contributed by atoms with Gasteiger partial charge in [0.05, 0.1) is 24.5 Å². The first-order valence-electron chi connectivity index (χ1n) is 8.21. The van der Waals surface area contributed by atoms with Gasteiger partial charge in [-0.25, -0.2) is 0 Å². The summed E-state index contributed by atoms with van der Waals surface area (Å²) in [7, 11) is 0. The van der Waals surface area contributed by atoms with E-state index in [1.165, 1.54) is 11.0 Å². The van der Waals surface area contributed by atoms with E-state index >= 15 is 0 Å². The van der Waals surface area contributed by atoms with E-state index in [9.17, 15) is 39.3 Å². The number of rotatable bonds is 11. The molecule has 0 aromatic heterocycles. The number of aliphatic hydroxyl groups is 1. The van der Waals surface area contributed by atoms with Gasteiger partial charge in [0.15, 0.2) is 0 Å². The zero-order valence-electron chi connectivity index (χ0n) is 15.4. The molecular weight excluding hydrogens is 477 g/mol. The van der Waals surface area contributed by atoms with Crippen molar-refractivity contribution in [2.45, 2.75) is 6.42 Å². The molecule has 1 rings (SSSR count). The van der Waals surface area contributed by atoms with Gasteiger partial charge < -0.3 is 34.8 Å². The zero-order valence-corrected chi connectivity index (χ0v) is 17.2. The van der Waals surface area contributed by atoms with Gasteiger partial charge in [0.2, 0.25) is 11.6 Å². The molecule has 1 aliphatic carbocycles. The van der Waals surface area contributed by atoms with Crippen LogP contribution in [-0.2, 0) is 43.5 Å². The summed E-state index contributed by atoms with van der Waals surface area (Å²) in [5, 5.41) is 40.0. The van der Waals surface area contributed by atoms with Crippen LogP contribution < -0.4 is 15.3 Å². The van der Waals surface area contributed by atoms with Crippen molar-refractivity contribution in [3.63, 3.8) is 0 Å². The summed E-state index contributed by atoms with van der Waals surface area (Å²) in [5.41, 5.74) is 0. The number of nitrogens with zero attached hydrogens (tertiary/aromatic N) is 2. The first-order chi connectivity index (χ1) is 13.1. The molecule has 1 aliphatic rings. The van der Waals surface area contributed by atoms with Gasteiger partial charge in [-0.05, 0) is 6.08 Å². The van der Waals surface area contributed by atoms with E-state index in [0.717, 1.165) is 4.90 Å². The maximum atomic E-state index is 10.6. The maximum Gasteiger partial charge on any atom is 3.00 e. The normalized spacial score (nSPS) is 12.8. The van der Waals surface area contributed by atoms with Crippen molar-refractivity contribution in [1.29, 1.82) is 0 Å². The van der Waals surface area contributed by atoms with Crippen LogP contribution in [-0.4, -0.2) is 90.3 Å². The third-order valence-electron chi connectivity index (χ3n) is 3.28. The van der Waals surface area contributed by atoms with Crippen molar-refractivity contribution in [1.82, 2.24) is 9.80 Å². The Bertz CT molecular complexity index is 618. The third kappa shape index (κ3) is 16.4. The summed E-state index contributed by atoms with van der Waals surface area (Å²) in [6.07, 6.45) is 6.47. The van der Waals surface area contributed by atoms with E-state index in [1.54, 1.807) is 18.2 Å². The molecule has 29 heavy (non-hydrogen) atoms. The molecule has 0 aromatic rings. The van der Waals surface area contributed by atoms with Crippen molar-refractivity contribution in [3.05, 3.63) is 24.3 Å². The fraction of sp³-hybridized carbons (Fsp3) is 0.471. The predicted molar refractivity (Wildman–Crippen MR) is 87.9 cm³/mol. The number of carboxylic acid groups (broad SMARTS) is 3. The van der Waals surface area contributed by atoms with Gasteiger partial charge in [0.25, 0.3) is 0 Å². The van der Waals surface area contributed by atoms with Crippen LogP contribution in [0, 0.1) is 0 Å². The van der Waals surface area contributed by atoms with Crippen LogP contribution in [0.2, 0.25) is 0 Å². The molecule has 0 spiro atoms.